The molecule has 0 aromatic carbocycles. The first-order valence-electron chi connectivity index (χ1n) is 12.2. The smallest absolute Gasteiger partial charge is 0.257 e. The quantitative estimate of drug-likeness (QED) is 0.374. The minimum Gasteiger partial charge on any atom is -0.391 e. The Balaban J connectivity index is 1.47. The number of nitrogens with zero attached hydrogens (tertiary/aromatic N) is 5. The van der Waals surface area contributed by atoms with Crippen molar-refractivity contribution in [1.82, 2.24) is 29.5 Å². The summed E-state index contributed by atoms with van der Waals surface area (Å²) in [4.78, 5) is 22.6. The molecule has 6 rings (SSSR count). The lowest BCUT2D eigenvalue weighted by molar-refractivity contribution is -0.0592. The molecule has 0 bridgehead atoms. The lowest BCUT2D eigenvalue weighted by Crippen LogP contribution is -2.50. The van der Waals surface area contributed by atoms with Gasteiger partial charge in [0, 0.05) is 50.2 Å². The van der Waals surface area contributed by atoms with Gasteiger partial charge in [-0.15, -0.1) is 0 Å². The Bertz CT molecular complexity index is 1430. The van der Waals surface area contributed by atoms with Crippen molar-refractivity contribution in [3.8, 4) is 11.3 Å². The van der Waals surface area contributed by atoms with Crippen molar-refractivity contribution < 1.29 is 19.4 Å². The number of aliphatic hydroxyl groups is 1. The number of aromatic nitrogens is 5. The number of fused-ring (bicyclic) bond motifs is 2. The topological polar surface area (TPSA) is 128 Å². The third-order valence-corrected chi connectivity index (χ3v) is 7.32. The Kier molecular flexibility index (Phi) is 5.82. The van der Waals surface area contributed by atoms with Crippen molar-refractivity contribution in [1.29, 1.82) is 0 Å². The van der Waals surface area contributed by atoms with E-state index in [-0.39, 0.29) is 24.1 Å². The first kappa shape index (κ1) is 22.9. The second-order valence-corrected chi connectivity index (χ2v) is 9.32. The van der Waals surface area contributed by atoms with Crippen molar-refractivity contribution in [2.24, 2.45) is 0 Å². The molecule has 188 valence electrons. The van der Waals surface area contributed by atoms with Crippen LogP contribution in [0.15, 0.2) is 36.8 Å². The van der Waals surface area contributed by atoms with Gasteiger partial charge in [0.25, 0.3) is 5.91 Å². The van der Waals surface area contributed by atoms with Gasteiger partial charge in [0.2, 0.25) is 0 Å². The van der Waals surface area contributed by atoms with Crippen LogP contribution < -0.4 is 10.6 Å². The van der Waals surface area contributed by atoms with Gasteiger partial charge >= 0.3 is 0 Å². The number of carbonyl (C=O) groups is 1. The van der Waals surface area contributed by atoms with Crippen LogP contribution in [0.3, 0.4) is 0 Å². The van der Waals surface area contributed by atoms with Gasteiger partial charge in [0.05, 0.1) is 36.7 Å². The van der Waals surface area contributed by atoms with Crippen molar-refractivity contribution in [2.45, 2.75) is 43.6 Å². The van der Waals surface area contributed by atoms with E-state index in [9.17, 15) is 9.90 Å². The molecule has 1 amide bonds. The zero-order chi connectivity index (χ0) is 24.8. The fourth-order valence-electron chi connectivity index (χ4n) is 5.12. The number of aliphatic hydroxyl groups excluding tert-OH is 1. The van der Waals surface area contributed by atoms with Gasteiger partial charge in [0.15, 0.2) is 5.65 Å². The molecule has 36 heavy (non-hydrogen) atoms. The normalized spacial score (nSPS) is 24.1. The van der Waals surface area contributed by atoms with Gasteiger partial charge in [-0.2, -0.15) is 9.61 Å². The third kappa shape index (κ3) is 3.71. The number of amides is 1. The molecule has 0 radical (unpaired) electrons. The van der Waals surface area contributed by atoms with E-state index < -0.39 is 6.10 Å². The predicted molar refractivity (Wildman–Crippen MR) is 133 cm³/mol. The number of hydrogen-bond donors (Lipinski definition) is 3. The maximum Gasteiger partial charge on any atom is 0.257 e. The molecule has 11 nitrogen and oxygen atoms in total. The molecule has 5 heterocycles. The highest BCUT2D eigenvalue weighted by Crippen LogP contribution is 2.35. The zero-order valence-electron chi connectivity index (χ0n) is 20.2. The zero-order valence-corrected chi connectivity index (χ0v) is 20.2. The molecule has 2 fully saturated rings. The molecule has 11 heteroatoms. The van der Waals surface area contributed by atoms with Gasteiger partial charge in [-0.05, 0) is 31.4 Å². The summed E-state index contributed by atoms with van der Waals surface area (Å²) in [6.45, 7) is 1.19. The number of pyridine rings is 1. The van der Waals surface area contributed by atoms with Crippen LogP contribution in [-0.2, 0) is 9.47 Å². The maximum absolute atomic E-state index is 13.0. The standard InChI is InChI=1S/C25H29N7O4/c1-26-22-10-18(29-24-15(11-28-32(22)24)25(34)30-17-5-6-20(17)33)16-12-31(23-14(16)4-3-8-27-23)19-7-9-36-13-21(19)35-2/h3-4,8,10-12,17,19-21,26,33H,5-7,9,13H2,1-2H3,(H,30,34)/t17-,19+,20+,21-/m1/s1. The molecule has 4 aromatic heterocycles. The van der Waals surface area contributed by atoms with E-state index in [1.54, 1.807) is 24.9 Å². The van der Waals surface area contributed by atoms with Crippen molar-refractivity contribution >= 4 is 28.4 Å². The molecule has 1 aliphatic carbocycles. The number of nitrogens with one attached hydrogen (secondary N) is 2. The molecule has 3 N–H and O–H groups in total. The Morgan fingerprint density at radius 2 is 2.17 bits per heavy atom. The number of hydrogen-bond acceptors (Lipinski definition) is 8. The average Bonchev–Trinajstić information content (AvgIpc) is 3.52. The van der Waals surface area contributed by atoms with Crippen molar-refractivity contribution in [3.05, 3.63) is 42.4 Å². The first-order valence-corrected chi connectivity index (χ1v) is 12.2. The van der Waals surface area contributed by atoms with E-state index in [1.807, 2.05) is 18.2 Å². The molecular weight excluding hydrogens is 462 g/mol. The highest BCUT2D eigenvalue weighted by atomic mass is 16.5. The summed E-state index contributed by atoms with van der Waals surface area (Å²) in [5, 5.41) is 21.3. The van der Waals surface area contributed by atoms with Crippen molar-refractivity contribution in [2.75, 3.05) is 32.7 Å². The van der Waals surface area contributed by atoms with Gasteiger partial charge in [-0.25, -0.2) is 9.97 Å². The highest BCUT2D eigenvalue weighted by molar-refractivity contribution is 6.01. The van der Waals surface area contributed by atoms with Gasteiger partial charge < -0.3 is 29.8 Å². The van der Waals surface area contributed by atoms with E-state index in [0.29, 0.717) is 42.4 Å². The summed E-state index contributed by atoms with van der Waals surface area (Å²) < 4.78 is 15.1. The van der Waals surface area contributed by atoms with Gasteiger partial charge in [-0.1, -0.05) is 0 Å². The number of anilines is 1. The Morgan fingerprint density at radius 3 is 2.92 bits per heavy atom. The summed E-state index contributed by atoms with van der Waals surface area (Å²) in [6.07, 6.45) is 7.04. The molecule has 1 aliphatic heterocycles. The van der Waals surface area contributed by atoms with Crippen LogP contribution in [0.4, 0.5) is 5.82 Å². The number of methoxy groups -OCH3 is 1. The summed E-state index contributed by atoms with van der Waals surface area (Å²) in [5.74, 6) is 0.401. The Morgan fingerprint density at radius 1 is 1.28 bits per heavy atom. The van der Waals surface area contributed by atoms with Crippen LogP contribution in [0.25, 0.3) is 27.9 Å². The predicted octanol–water partition coefficient (Wildman–Crippen LogP) is 2.02. The number of carbonyl (C=O) groups excluding carboxylic acids is 1. The van der Waals surface area contributed by atoms with E-state index in [4.69, 9.17) is 14.5 Å². The first-order chi connectivity index (χ1) is 17.6. The number of ether oxygens (including phenoxy) is 2. The van der Waals surface area contributed by atoms with Gasteiger partial charge in [-0.3, -0.25) is 4.79 Å². The highest BCUT2D eigenvalue weighted by Gasteiger charge is 2.32. The molecule has 4 aromatic rings. The largest absolute Gasteiger partial charge is 0.391 e. The van der Waals surface area contributed by atoms with Crippen LogP contribution in [0, 0.1) is 0 Å². The monoisotopic (exact) mass is 491 g/mol. The summed E-state index contributed by atoms with van der Waals surface area (Å²) in [5.41, 5.74) is 3.25. The second-order valence-electron chi connectivity index (χ2n) is 9.32. The molecular formula is C25H29N7O4. The molecule has 1 saturated carbocycles. The minimum absolute atomic E-state index is 0.0765. The van der Waals surface area contributed by atoms with E-state index >= 15 is 0 Å². The second kappa shape index (κ2) is 9.16. The Hall–Kier alpha value is -3.54. The minimum atomic E-state index is -0.507. The maximum atomic E-state index is 13.0. The van der Waals surface area contributed by atoms with Crippen LogP contribution in [0.1, 0.15) is 35.7 Å². The van der Waals surface area contributed by atoms with Gasteiger partial charge in [0.1, 0.15) is 23.1 Å². The van der Waals surface area contributed by atoms with E-state index in [0.717, 1.165) is 29.4 Å². The van der Waals surface area contributed by atoms with E-state index in [2.05, 4.69) is 31.5 Å². The van der Waals surface area contributed by atoms with Crippen LogP contribution in [0.5, 0.6) is 0 Å². The lowest BCUT2D eigenvalue weighted by atomic mass is 9.89. The van der Waals surface area contributed by atoms with Crippen LogP contribution in [-0.4, -0.2) is 80.8 Å². The third-order valence-electron chi connectivity index (χ3n) is 7.32. The van der Waals surface area contributed by atoms with E-state index in [1.165, 1.54) is 6.20 Å². The lowest BCUT2D eigenvalue weighted by Gasteiger charge is -2.32. The molecule has 1 saturated heterocycles. The summed E-state index contributed by atoms with van der Waals surface area (Å²) >= 11 is 0. The van der Waals surface area contributed by atoms with Crippen LogP contribution >= 0.6 is 0 Å². The summed E-state index contributed by atoms with van der Waals surface area (Å²) in [7, 11) is 3.51. The molecule has 0 unspecified atom stereocenters. The number of rotatable bonds is 6. The van der Waals surface area contributed by atoms with Crippen LogP contribution in [0.2, 0.25) is 0 Å². The Labute approximate surface area is 207 Å². The fourth-order valence-corrected chi connectivity index (χ4v) is 5.12. The SMILES string of the molecule is CNc1cc(-c2cn([C@H]3CCOC[C@H]3OC)c3ncccc23)nc2c(C(=O)N[C@@H]3CC[C@@H]3O)cnn12. The average molecular weight is 492 g/mol. The molecule has 4 atom stereocenters. The summed E-state index contributed by atoms with van der Waals surface area (Å²) in [6, 6.07) is 5.70. The molecule has 2 aliphatic rings. The fraction of sp³-hybridized carbons (Fsp3) is 0.440. The molecule has 0 spiro atoms. The van der Waals surface area contributed by atoms with Crippen molar-refractivity contribution in [3.63, 3.8) is 0 Å².